The Morgan fingerprint density at radius 1 is 1.44 bits per heavy atom. The second-order valence-electron chi connectivity index (χ2n) is 3.62. The zero-order chi connectivity index (χ0) is 12.0. The monoisotopic (exact) mass is 243 g/mol. The average molecular weight is 243 g/mol. The Kier molecular flexibility index (Phi) is 4.82. The van der Waals surface area contributed by atoms with E-state index < -0.39 is 9.84 Å². The molecule has 90 valence electrons. The van der Waals surface area contributed by atoms with Crippen molar-refractivity contribution in [2.45, 2.75) is 25.8 Å². The molecule has 0 radical (unpaired) electrons. The summed E-state index contributed by atoms with van der Waals surface area (Å²) < 4.78 is 22.5. The van der Waals surface area contributed by atoms with Gasteiger partial charge in [0.15, 0.2) is 0 Å². The topological polar surface area (TPSA) is 85.9 Å². The van der Waals surface area contributed by atoms with Gasteiger partial charge in [-0.25, -0.2) is 8.42 Å². The number of nitrogens with two attached hydrogens (primary N) is 1. The van der Waals surface area contributed by atoms with E-state index in [1.54, 1.807) is 25.5 Å². The summed E-state index contributed by atoms with van der Waals surface area (Å²) in [5, 5.41) is 0. The standard InChI is InChI=1S/C10H17N3O2S/c1-2-16(14,15)7-3-4-9(11)10-8-12-5-6-13-10/h5-6,8-9H,2-4,7,11H2,1H3. The molecule has 0 amide bonds. The Balaban J connectivity index is 2.40. The summed E-state index contributed by atoms with van der Waals surface area (Å²) in [5.41, 5.74) is 6.57. The second kappa shape index (κ2) is 5.91. The summed E-state index contributed by atoms with van der Waals surface area (Å²) in [7, 11) is -2.89. The molecular formula is C10H17N3O2S. The van der Waals surface area contributed by atoms with Crippen LogP contribution in [-0.2, 0) is 9.84 Å². The highest BCUT2D eigenvalue weighted by molar-refractivity contribution is 7.91. The van der Waals surface area contributed by atoms with Gasteiger partial charge in [0, 0.05) is 30.4 Å². The lowest BCUT2D eigenvalue weighted by Gasteiger charge is -2.09. The Labute approximate surface area is 96.0 Å². The molecule has 0 saturated carbocycles. The molecule has 0 fully saturated rings. The SMILES string of the molecule is CCS(=O)(=O)CCCC(N)c1cnccn1. The van der Waals surface area contributed by atoms with E-state index in [1.807, 2.05) is 0 Å². The summed E-state index contributed by atoms with van der Waals surface area (Å²) >= 11 is 0. The van der Waals surface area contributed by atoms with E-state index >= 15 is 0 Å². The van der Waals surface area contributed by atoms with E-state index in [1.165, 1.54) is 0 Å². The number of hydrogen-bond acceptors (Lipinski definition) is 5. The molecule has 1 heterocycles. The first-order valence-electron chi connectivity index (χ1n) is 5.27. The summed E-state index contributed by atoms with van der Waals surface area (Å²) in [6, 6.07) is -0.235. The van der Waals surface area contributed by atoms with E-state index in [0.717, 1.165) is 0 Å². The van der Waals surface area contributed by atoms with Gasteiger partial charge in [0.25, 0.3) is 0 Å². The zero-order valence-corrected chi connectivity index (χ0v) is 10.2. The van der Waals surface area contributed by atoms with Gasteiger partial charge < -0.3 is 5.73 Å². The fourth-order valence-corrected chi connectivity index (χ4v) is 2.21. The predicted molar refractivity (Wildman–Crippen MR) is 62.5 cm³/mol. The number of hydrogen-bond donors (Lipinski definition) is 1. The van der Waals surface area contributed by atoms with Crippen LogP contribution in [0.2, 0.25) is 0 Å². The molecule has 0 aliphatic heterocycles. The van der Waals surface area contributed by atoms with E-state index in [2.05, 4.69) is 9.97 Å². The van der Waals surface area contributed by atoms with Gasteiger partial charge in [-0.2, -0.15) is 0 Å². The van der Waals surface area contributed by atoms with Crippen LogP contribution < -0.4 is 5.73 Å². The first-order chi connectivity index (χ1) is 7.55. The highest BCUT2D eigenvalue weighted by Gasteiger charge is 2.11. The van der Waals surface area contributed by atoms with Crippen LogP contribution in [0.3, 0.4) is 0 Å². The predicted octanol–water partition coefficient (Wildman–Crippen LogP) is 0.691. The lowest BCUT2D eigenvalue weighted by molar-refractivity contribution is 0.580. The molecule has 0 aliphatic carbocycles. The van der Waals surface area contributed by atoms with Gasteiger partial charge in [0.05, 0.1) is 11.4 Å². The molecule has 1 unspecified atom stereocenters. The minimum atomic E-state index is -2.89. The molecule has 16 heavy (non-hydrogen) atoms. The summed E-state index contributed by atoms with van der Waals surface area (Å²) in [5.74, 6) is 0.380. The number of aromatic nitrogens is 2. The minimum absolute atomic E-state index is 0.188. The summed E-state index contributed by atoms with van der Waals surface area (Å²) in [6.07, 6.45) is 5.95. The molecule has 6 heteroatoms. The molecule has 0 bridgehead atoms. The molecule has 0 saturated heterocycles. The van der Waals surface area contributed by atoms with Gasteiger partial charge in [0.2, 0.25) is 0 Å². The second-order valence-corrected chi connectivity index (χ2v) is 6.09. The van der Waals surface area contributed by atoms with Crippen molar-refractivity contribution < 1.29 is 8.42 Å². The van der Waals surface area contributed by atoms with Crippen molar-refractivity contribution in [2.24, 2.45) is 5.73 Å². The van der Waals surface area contributed by atoms with Crippen LogP contribution in [0.5, 0.6) is 0 Å². The summed E-state index contributed by atoms with van der Waals surface area (Å²) in [6.45, 7) is 1.65. The Morgan fingerprint density at radius 2 is 2.19 bits per heavy atom. The Hall–Kier alpha value is -1.01. The molecule has 0 spiro atoms. The molecule has 1 aromatic rings. The maximum absolute atomic E-state index is 11.2. The quantitative estimate of drug-likeness (QED) is 0.794. The third-order valence-corrected chi connectivity index (χ3v) is 4.16. The average Bonchev–Trinajstić information content (AvgIpc) is 2.30. The molecule has 1 rings (SSSR count). The smallest absolute Gasteiger partial charge is 0.150 e. The van der Waals surface area contributed by atoms with Crippen LogP contribution >= 0.6 is 0 Å². The van der Waals surface area contributed by atoms with E-state index in [0.29, 0.717) is 18.5 Å². The van der Waals surface area contributed by atoms with E-state index in [9.17, 15) is 8.42 Å². The normalized spacial score (nSPS) is 13.6. The fourth-order valence-electron chi connectivity index (χ4n) is 1.32. The maximum Gasteiger partial charge on any atom is 0.150 e. The largest absolute Gasteiger partial charge is 0.323 e. The highest BCUT2D eigenvalue weighted by atomic mass is 32.2. The molecule has 1 aromatic heterocycles. The third-order valence-electron chi connectivity index (χ3n) is 2.37. The Bertz CT molecular complexity index is 405. The van der Waals surface area contributed by atoms with Crippen LogP contribution in [0.25, 0.3) is 0 Å². The van der Waals surface area contributed by atoms with Crippen LogP contribution in [0.15, 0.2) is 18.6 Å². The van der Waals surface area contributed by atoms with Crippen molar-refractivity contribution >= 4 is 9.84 Å². The van der Waals surface area contributed by atoms with Crippen LogP contribution in [0.4, 0.5) is 0 Å². The van der Waals surface area contributed by atoms with Crippen molar-refractivity contribution in [1.82, 2.24) is 9.97 Å². The Morgan fingerprint density at radius 3 is 2.75 bits per heavy atom. The minimum Gasteiger partial charge on any atom is -0.323 e. The first-order valence-corrected chi connectivity index (χ1v) is 7.09. The van der Waals surface area contributed by atoms with E-state index in [4.69, 9.17) is 5.73 Å². The molecule has 0 aliphatic rings. The lowest BCUT2D eigenvalue weighted by atomic mass is 10.1. The number of sulfone groups is 1. The first kappa shape index (κ1) is 13.1. The van der Waals surface area contributed by atoms with Gasteiger partial charge in [-0.3, -0.25) is 9.97 Å². The van der Waals surface area contributed by atoms with Gasteiger partial charge in [0.1, 0.15) is 9.84 Å². The van der Waals surface area contributed by atoms with Crippen molar-refractivity contribution in [1.29, 1.82) is 0 Å². The van der Waals surface area contributed by atoms with Gasteiger partial charge in [-0.15, -0.1) is 0 Å². The lowest BCUT2D eigenvalue weighted by Crippen LogP contribution is -2.15. The van der Waals surface area contributed by atoms with Gasteiger partial charge in [-0.05, 0) is 12.8 Å². The van der Waals surface area contributed by atoms with Crippen LogP contribution in [0, 0.1) is 0 Å². The van der Waals surface area contributed by atoms with Gasteiger partial charge in [-0.1, -0.05) is 6.92 Å². The molecule has 0 aromatic carbocycles. The highest BCUT2D eigenvalue weighted by Crippen LogP contribution is 2.12. The van der Waals surface area contributed by atoms with Crippen LogP contribution in [-0.4, -0.2) is 29.9 Å². The third kappa shape index (κ3) is 4.24. The van der Waals surface area contributed by atoms with E-state index in [-0.39, 0.29) is 17.5 Å². The van der Waals surface area contributed by atoms with Crippen molar-refractivity contribution in [3.8, 4) is 0 Å². The van der Waals surface area contributed by atoms with Crippen molar-refractivity contribution in [3.63, 3.8) is 0 Å². The van der Waals surface area contributed by atoms with Crippen molar-refractivity contribution in [3.05, 3.63) is 24.3 Å². The fraction of sp³-hybridized carbons (Fsp3) is 0.600. The molecule has 5 nitrogen and oxygen atoms in total. The maximum atomic E-state index is 11.2. The summed E-state index contributed by atoms with van der Waals surface area (Å²) in [4.78, 5) is 7.99. The number of nitrogens with zero attached hydrogens (tertiary/aromatic N) is 2. The van der Waals surface area contributed by atoms with Crippen molar-refractivity contribution in [2.75, 3.05) is 11.5 Å². The number of rotatable bonds is 6. The zero-order valence-electron chi connectivity index (χ0n) is 9.33. The van der Waals surface area contributed by atoms with Crippen LogP contribution in [0.1, 0.15) is 31.5 Å². The molecule has 2 N–H and O–H groups in total. The molecule has 1 atom stereocenters. The van der Waals surface area contributed by atoms with Gasteiger partial charge >= 0.3 is 0 Å². The molecular weight excluding hydrogens is 226 g/mol.